The van der Waals surface area contributed by atoms with Crippen LogP contribution < -0.4 is 10.6 Å². The minimum Gasteiger partial charge on any atom is -0.376 e. The summed E-state index contributed by atoms with van der Waals surface area (Å²) >= 11 is 0. The molecular weight excluding hydrogens is 397 g/mol. The molecule has 0 spiro atoms. The van der Waals surface area contributed by atoms with Gasteiger partial charge in [-0.25, -0.2) is 4.98 Å². The number of nitrogens with zero attached hydrogens (tertiary/aromatic N) is 2. The van der Waals surface area contributed by atoms with Crippen LogP contribution in [0.4, 0.5) is 24.7 Å². The number of anilines is 2. The van der Waals surface area contributed by atoms with Gasteiger partial charge in [0.05, 0.1) is 18.0 Å². The molecule has 1 aliphatic rings. The molecule has 2 amide bonds. The predicted molar refractivity (Wildman–Crippen MR) is 107 cm³/mol. The number of pyridine rings is 1. The Balaban J connectivity index is 1.55. The van der Waals surface area contributed by atoms with E-state index in [1.165, 1.54) is 12.1 Å². The Morgan fingerprint density at radius 3 is 2.77 bits per heavy atom. The topological polar surface area (TPSA) is 74.3 Å². The molecule has 2 N–H and O–H groups in total. The molecule has 0 bridgehead atoms. The molecule has 0 aliphatic carbocycles. The number of hydrogen-bond acceptors (Lipinski definition) is 4. The van der Waals surface area contributed by atoms with Gasteiger partial charge in [0, 0.05) is 25.0 Å². The smallest absolute Gasteiger partial charge is 0.376 e. The number of alkyl halides is 3. The maximum Gasteiger partial charge on any atom is 0.416 e. The van der Waals surface area contributed by atoms with Gasteiger partial charge in [-0.2, -0.15) is 13.2 Å². The lowest BCUT2D eigenvalue weighted by Gasteiger charge is -2.32. The summed E-state index contributed by atoms with van der Waals surface area (Å²) in [7, 11) is 0. The Kier molecular flexibility index (Phi) is 6.59. The molecule has 1 fully saturated rings. The molecule has 2 aromatic rings. The van der Waals surface area contributed by atoms with Gasteiger partial charge in [-0.1, -0.05) is 12.1 Å². The van der Waals surface area contributed by atoms with Crippen molar-refractivity contribution in [1.29, 1.82) is 0 Å². The summed E-state index contributed by atoms with van der Waals surface area (Å²) in [5, 5.41) is 5.55. The predicted octanol–water partition coefficient (Wildman–Crippen LogP) is 3.70. The lowest BCUT2D eigenvalue weighted by Crippen LogP contribution is -2.45. The Bertz CT molecular complexity index is 917. The first kappa shape index (κ1) is 21.6. The summed E-state index contributed by atoms with van der Waals surface area (Å²) in [6.45, 7) is 2.48. The van der Waals surface area contributed by atoms with E-state index in [1.54, 1.807) is 17.2 Å². The quantitative estimate of drug-likeness (QED) is 0.774. The Morgan fingerprint density at radius 1 is 1.23 bits per heavy atom. The monoisotopic (exact) mass is 420 g/mol. The number of hydrogen-bond donors (Lipinski definition) is 2. The first-order valence-electron chi connectivity index (χ1n) is 9.65. The molecule has 2 heterocycles. The second-order valence-electron chi connectivity index (χ2n) is 7.27. The summed E-state index contributed by atoms with van der Waals surface area (Å²) in [5.41, 5.74) is 0.287. The van der Waals surface area contributed by atoms with E-state index in [0.29, 0.717) is 25.2 Å². The highest BCUT2D eigenvalue weighted by Gasteiger charge is 2.31. The van der Waals surface area contributed by atoms with E-state index in [4.69, 9.17) is 0 Å². The summed E-state index contributed by atoms with van der Waals surface area (Å²) in [5.74, 6) is -0.325. The fourth-order valence-electron chi connectivity index (χ4n) is 3.35. The van der Waals surface area contributed by atoms with Crippen LogP contribution in [0.1, 0.15) is 24.0 Å². The average Bonchev–Trinajstić information content (AvgIpc) is 2.73. The Hall–Kier alpha value is -3.10. The second-order valence-corrected chi connectivity index (χ2v) is 7.27. The van der Waals surface area contributed by atoms with Gasteiger partial charge in [-0.15, -0.1) is 0 Å². The number of likely N-dealkylation sites (tertiary alicyclic amines) is 1. The van der Waals surface area contributed by atoms with Gasteiger partial charge in [-0.3, -0.25) is 9.59 Å². The molecule has 6 nitrogen and oxygen atoms in total. The van der Waals surface area contributed by atoms with Gasteiger partial charge >= 0.3 is 6.18 Å². The number of piperidine rings is 1. The normalized spacial score (nSPS) is 16.8. The van der Waals surface area contributed by atoms with Gasteiger partial charge in [0.25, 0.3) is 0 Å². The number of benzene rings is 1. The third-order valence-corrected chi connectivity index (χ3v) is 5.03. The molecule has 0 radical (unpaired) electrons. The van der Waals surface area contributed by atoms with Gasteiger partial charge in [0.1, 0.15) is 5.82 Å². The molecule has 1 atom stereocenters. The number of carbonyl (C=O) groups excluding carboxylic acids is 2. The molecular formula is C21H23F3N4O2. The van der Waals surface area contributed by atoms with Gasteiger partial charge in [0.15, 0.2) is 0 Å². The van der Waals surface area contributed by atoms with Crippen LogP contribution in [0.15, 0.2) is 42.6 Å². The summed E-state index contributed by atoms with van der Waals surface area (Å²) < 4.78 is 38.4. The van der Waals surface area contributed by atoms with Crippen molar-refractivity contribution in [2.45, 2.75) is 25.9 Å². The van der Waals surface area contributed by atoms with Crippen molar-refractivity contribution < 1.29 is 22.8 Å². The number of nitrogens with one attached hydrogen (secondary N) is 2. The van der Waals surface area contributed by atoms with E-state index >= 15 is 0 Å². The van der Waals surface area contributed by atoms with Crippen LogP contribution in [0.2, 0.25) is 0 Å². The Labute approximate surface area is 172 Å². The standard InChI is InChI=1S/C21H23F3N4O2/c1-14-5-3-9-25-19(14)27-20(30)15-6-4-10-28(13-15)18(29)12-26-17-8-2-7-16(11-17)21(22,23)24/h2-3,5,7-9,11,15,26H,4,6,10,12-13H2,1H3,(H,25,27,30). The molecule has 3 rings (SSSR count). The molecule has 9 heteroatoms. The number of halogens is 3. The van der Waals surface area contributed by atoms with Crippen molar-refractivity contribution in [1.82, 2.24) is 9.88 Å². The van der Waals surface area contributed by atoms with Crippen molar-refractivity contribution in [3.05, 3.63) is 53.7 Å². The molecule has 0 saturated carbocycles. The Morgan fingerprint density at radius 2 is 2.03 bits per heavy atom. The molecule has 1 unspecified atom stereocenters. The fourth-order valence-corrected chi connectivity index (χ4v) is 3.35. The third kappa shape index (κ3) is 5.49. The van der Waals surface area contributed by atoms with E-state index in [1.807, 2.05) is 13.0 Å². The lowest BCUT2D eigenvalue weighted by atomic mass is 9.97. The molecule has 30 heavy (non-hydrogen) atoms. The summed E-state index contributed by atoms with van der Waals surface area (Å²) in [4.78, 5) is 30.8. The largest absolute Gasteiger partial charge is 0.416 e. The number of amides is 2. The number of carbonyl (C=O) groups is 2. The highest BCUT2D eigenvalue weighted by Crippen LogP contribution is 2.30. The van der Waals surface area contributed by atoms with Crippen molar-refractivity contribution in [2.24, 2.45) is 5.92 Å². The average molecular weight is 420 g/mol. The number of aromatic nitrogens is 1. The van der Waals surface area contributed by atoms with E-state index in [9.17, 15) is 22.8 Å². The van der Waals surface area contributed by atoms with Gasteiger partial charge in [0.2, 0.25) is 11.8 Å². The van der Waals surface area contributed by atoms with Crippen LogP contribution in [0.25, 0.3) is 0 Å². The van der Waals surface area contributed by atoms with Crippen molar-refractivity contribution in [2.75, 3.05) is 30.3 Å². The van der Waals surface area contributed by atoms with Crippen LogP contribution >= 0.6 is 0 Å². The maximum atomic E-state index is 12.8. The zero-order valence-corrected chi connectivity index (χ0v) is 16.5. The van der Waals surface area contributed by atoms with Crippen LogP contribution in [0.5, 0.6) is 0 Å². The minimum absolute atomic E-state index is 0.144. The van der Waals surface area contributed by atoms with Crippen LogP contribution in [0, 0.1) is 12.8 Å². The second kappa shape index (κ2) is 9.15. The van der Waals surface area contributed by atoms with Crippen LogP contribution in [-0.4, -0.2) is 41.3 Å². The maximum absolute atomic E-state index is 12.8. The van der Waals surface area contributed by atoms with E-state index < -0.39 is 11.7 Å². The molecule has 1 saturated heterocycles. The van der Waals surface area contributed by atoms with Crippen LogP contribution in [0.3, 0.4) is 0 Å². The van der Waals surface area contributed by atoms with E-state index in [0.717, 1.165) is 17.7 Å². The van der Waals surface area contributed by atoms with E-state index in [2.05, 4.69) is 15.6 Å². The van der Waals surface area contributed by atoms with Gasteiger partial charge in [-0.05, 0) is 49.6 Å². The van der Waals surface area contributed by atoms with E-state index in [-0.39, 0.29) is 36.5 Å². The van der Waals surface area contributed by atoms with Crippen molar-refractivity contribution in [3.63, 3.8) is 0 Å². The first-order chi connectivity index (χ1) is 14.2. The highest BCUT2D eigenvalue weighted by molar-refractivity contribution is 5.93. The number of aryl methyl sites for hydroxylation is 1. The third-order valence-electron chi connectivity index (χ3n) is 5.03. The zero-order valence-electron chi connectivity index (χ0n) is 16.5. The minimum atomic E-state index is -4.44. The van der Waals surface area contributed by atoms with Gasteiger partial charge < -0.3 is 15.5 Å². The SMILES string of the molecule is Cc1cccnc1NC(=O)C1CCCN(C(=O)CNc2cccc(C(F)(F)F)c2)C1. The first-order valence-corrected chi connectivity index (χ1v) is 9.65. The molecule has 160 valence electrons. The zero-order chi connectivity index (χ0) is 21.7. The number of rotatable bonds is 5. The highest BCUT2D eigenvalue weighted by atomic mass is 19.4. The molecule has 1 aromatic carbocycles. The molecule has 1 aromatic heterocycles. The molecule has 1 aliphatic heterocycles. The summed E-state index contributed by atoms with van der Waals surface area (Å²) in [6, 6.07) is 8.34. The van der Waals surface area contributed by atoms with Crippen molar-refractivity contribution in [3.8, 4) is 0 Å². The fraction of sp³-hybridized carbons (Fsp3) is 0.381. The lowest BCUT2D eigenvalue weighted by molar-refractivity contribution is -0.137. The van der Waals surface area contributed by atoms with Crippen LogP contribution in [-0.2, 0) is 15.8 Å². The van der Waals surface area contributed by atoms with Crippen molar-refractivity contribution >= 4 is 23.3 Å². The summed E-state index contributed by atoms with van der Waals surface area (Å²) in [6.07, 6.45) is -1.52.